The van der Waals surface area contributed by atoms with Gasteiger partial charge in [0.25, 0.3) is 0 Å². The molecule has 3 atom stereocenters. The SMILES string of the molecule is Cn1nccc1C1=CC2CN(C(=O)C=Cc3cnc4c(c3)CN3CCOCC3C(=O)N4)CC2C1. The molecule has 6 rings (SSSR count). The maximum atomic E-state index is 12.9. The van der Waals surface area contributed by atoms with Crippen molar-refractivity contribution in [2.75, 3.05) is 38.2 Å². The maximum Gasteiger partial charge on any atom is 0.246 e. The lowest BCUT2D eigenvalue weighted by atomic mass is 9.99. The number of carbonyl (C=O) groups is 2. The summed E-state index contributed by atoms with van der Waals surface area (Å²) in [5.41, 5.74) is 4.31. The van der Waals surface area contributed by atoms with Gasteiger partial charge in [-0.2, -0.15) is 5.10 Å². The molecule has 34 heavy (non-hydrogen) atoms. The van der Waals surface area contributed by atoms with E-state index in [0.29, 0.717) is 44.0 Å². The predicted molar refractivity (Wildman–Crippen MR) is 126 cm³/mol. The summed E-state index contributed by atoms with van der Waals surface area (Å²) in [4.78, 5) is 33.9. The van der Waals surface area contributed by atoms with Crippen LogP contribution in [0.15, 0.2) is 36.7 Å². The van der Waals surface area contributed by atoms with Crippen LogP contribution in [0.3, 0.4) is 0 Å². The van der Waals surface area contributed by atoms with Crippen molar-refractivity contribution in [3.05, 3.63) is 53.5 Å². The summed E-state index contributed by atoms with van der Waals surface area (Å²) in [5, 5.41) is 7.19. The Balaban J connectivity index is 1.12. The molecule has 4 aliphatic rings. The molecule has 0 spiro atoms. The molecule has 2 fully saturated rings. The Labute approximate surface area is 198 Å². The Morgan fingerprint density at radius 2 is 2.24 bits per heavy atom. The lowest BCUT2D eigenvalue weighted by Gasteiger charge is -2.32. The van der Waals surface area contributed by atoms with Crippen LogP contribution in [0.4, 0.5) is 5.82 Å². The van der Waals surface area contributed by atoms with Crippen LogP contribution in [-0.4, -0.2) is 75.3 Å². The van der Waals surface area contributed by atoms with Crippen LogP contribution >= 0.6 is 0 Å². The summed E-state index contributed by atoms with van der Waals surface area (Å²) in [7, 11) is 1.97. The topological polar surface area (TPSA) is 92.6 Å². The summed E-state index contributed by atoms with van der Waals surface area (Å²) in [6.07, 6.45) is 10.3. The molecule has 3 aliphatic heterocycles. The van der Waals surface area contributed by atoms with E-state index in [1.165, 1.54) is 11.3 Å². The molecule has 2 aromatic rings. The van der Waals surface area contributed by atoms with Gasteiger partial charge in [-0.25, -0.2) is 4.98 Å². The molecule has 5 heterocycles. The fraction of sp³-hybridized carbons (Fsp3) is 0.440. The summed E-state index contributed by atoms with van der Waals surface area (Å²) in [6.45, 7) is 3.89. The maximum absolute atomic E-state index is 12.9. The molecule has 9 heteroatoms. The van der Waals surface area contributed by atoms with E-state index in [4.69, 9.17) is 4.74 Å². The number of aryl methyl sites for hydroxylation is 1. The number of aromatic nitrogens is 3. The van der Waals surface area contributed by atoms with Gasteiger partial charge in [-0.1, -0.05) is 6.08 Å². The zero-order chi connectivity index (χ0) is 23.2. The highest BCUT2D eigenvalue weighted by molar-refractivity contribution is 5.96. The third kappa shape index (κ3) is 3.84. The minimum atomic E-state index is -0.286. The largest absolute Gasteiger partial charge is 0.378 e. The van der Waals surface area contributed by atoms with Crippen molar-refractivity contribution in [1.29, 1.82) is 0 Å². The number of ether oxygens (including phenoxy) is 1. The number of hydrogen-bond donors (Lipinski definition) is 1. The summed E-state index contributed by atoms with van der Waals surface area (Å²) in [5.74, 6) is 1.42. The van der Waals surface area contributed by atoms with E-state index >= 15 is 0 Å². The van der Waals surface area contributed by atoms with Crippen molar-refractivity contribution in [3.8, 4) is 0 Å². The van der Waals surface area contributed by atoms with Gasteiger partial charge in [0, 0.05) is 57.3 Å². The Morgan fingerprint density at radius 1 is 1.32 bits per heavy atom. The first kappa shape index (κ1) is 21.2. The second kappa shape index (κ2) is 8.48. The van der Waals surface area contributed by atoms with Crippen molar-refractivity contribution in [2.45, 2.75) is 19.0 Å². The van der Waals surface area contributed by atoms with Crippen molar-refractivity contribution in [1.82, 2.24) is 24.6 Å². The Hall–Kier alpha value is -3.30. The normalized spacial score (nSPS) is 26.6. The number of morpholine rings is 1. The molecule has 2 aromatic heterocycles. The average molecular weight is 461 g/mol. The molecule has 1 aliphatic carbocycles. The van der Waals surface area contributed by atoms with Gasteiger partial charge in [-0.05, 0) is 47.6 Å². The molecule has 3 unspecified atom stereocenters. The third-order valence-electron chi connectivity index (χ3n) is 7.41. The van der Waals surface area contributed by atoms with Crippen molar-refractivity contribution < 1.29 is 14.3 Å². The van der Waals surface area contributed by atoms with Crippen LogP contribution in [0.5, 0.6) is 0 Å². The van der Waals surface area contributed by atoms with Gasteiger partial charge < -0.3 is 15.0 Å². The Bertz CT molecular complexity index is 1200. The highest BCUT2D eigenvalue weighted by Gasteiger charge is 2.38. The number of anilines is 1. The van der Waals surface area contributed by atoms with Crippen molar-refractivity contribution in [2.24, 2.45) is 18.9 Å². The van der Waals surface area contributed by atoms with Gasteiger partial charge in [0.05, 0.1) is 18.9 Å². The number of hydrogen-bond acceptors (Lipinski definition) is 6. The third-order valence-corrected chi connectivity index (χ3v) is 7.41. The molecule has 0 aromatic carbocycles. The molecule has 2 saturated heterocycles. The Morgan fingerprint density at radius 3 is 3.06 bits per heavy atom. The lowest BCUT2D eigenvalue weighted by molar-refractivity contribution is -0.127. The van der Waals surface area contributed by atoms with E-state index < -0.39 is 0 Å². The van der Waals surface area contributed by atoms with Crippen LogP contribution in [0.25, 0.3) is 11.6 Å². The number of nitrogens with one attached hydrogen (secondary N) is 1. The van der Waals surface area contributed by atoms with Gasteiger partial charge in [-0.3, -0.25) is 19.2 Å². The van der Waals surface area contributed by atoms with E-state index in [-0.39, 0.29) is 17.9 Å². The number of amides is 2. The second-order valence-electron chi connectivity index (χ2n) is 9.56. The number of carbonyl (C=O) groups excluding carboxylic acids is 2. The molecule has 9 nitrogen and oxygen atoms in total. The number of rotatable bonds is 3. The minimum absolute atomic E-state index is 0.0290. The Kier molecular flexibility index (Phi) is 5.30. The van der Waals surface area contributed by atoms with E-state index in [1.54, 1.807) is 12.3 Å². The van der Waals surface area contributed by atoms with E-state index in [9.17, 15) is 9.59 Å². The number of nitrogens with zero attached hydrogens (tertiary/aromatic N) is 5. The predicted octanol–water partition coefficient (Wildman–Crippen LogP) is 1.54. The quantitative estimate of drug-likeness (QED) is 0.699. The second-order valence-corrected chi connectivity index (χ2v) is 9.56. The first-order chi connectivity index (χ1) is 16.5. The van der Waals surface area contributed by atoms with Gasteiger partial charge >= 0.3 is 0 Å². The van der Waals surface area contributed by atoms with Gasteiger partial charge in [0.15, 0.2) is 0 Å². The number of fused-ring (bicyclic) bond motifs is 3. The van der Waals surface area contributed by atoms with Crippen LogP contribution in [0.1, 0.15) is 23.2 Å². The smallest absolute Gasteiger partial charge is 0.246 e. The van der Waals surface area contributed by atoms with E-state index in [2.05, 4.69) is 32.4 Å². The van der Waals surface area contributed by atoms with Crippen molar-refractivity contribution >= 4 is 29.3 Å². The number of allylic oxidation sites excluding steroid dienone is 1. The minimum Gasteiger partial charge on any atom is -0.378 e. The van der Waals surface area contributed by atoms with Gasteiger partial charge in [0.2, 0.25) is 11.8 Å². The first-order valence-electron chi connectivity index (χ1n) is 11.8. The molecule has 1 N–H and O–H groups in total. The molecule has 0 bridgehead atoms. The molecule has 0 radical (unpaired) electrons. The van der Waals surface area contributed by atoms with Gasteiger partial charge in [-0.15, -0.1) is 0 Å². The number of likely N-dealkylation sites (tertiary alicyclic amines) is 1. The summed E-state index contributed by atoms with van der Waals surface area (Å²) < 4.78 is 7.39. The lowest BCUT2D eigenvalue weighted by Crippen LogP contribution is -2.49. The number of pyridine rings is 1. The van der Waals surface area contributed by atoms with Crippen LogP contribution < -0.4 is 5.32 Å². The fourth-order valence-corrected chi connectivity index (χ4v) is 5.58. The summed E-state index contributed by atoms with van der Waals surface area (Å²) >= 11 is 0. The molecule has 2 amide bonds. The van der Waals surface area contributed by atoms with Crippen LogP contribution in [0.2, 0.25) is 0 Å². The summed E-state index contributed by atoms with van der Waals surface area (Å²) in [6, 6.07) is 3.77. The van der Waals surface area contributed by atoms with Gasteiger partial charge in [0.1, 0.15) is 11.9 Å². The molecular weight excluding hydrogens is 432 g/mol. The van der Waals surface area contributed by atoms with Crippen LogP contribution in [0, 0.1) is 11.8 Å². The zero-order valence-electron chi connectivity index (χ0n) is 19.2. The first-order valence-corrected chi connectivity index (χ1v) is 11.8. The van der Waals surface area contributed by atoms with Crippen LogP contribution in [-0.2, 0) is 27.9 Å². The molecular formula is C25H28N6O3. The highest BCUT2D eigenvalue weighted by Crippen LogP contribution is 2.40. The monoisotopic (exact) mass is 460 g/mol. The standard InChI is InChI=1S/C25H28N6O3/c1-29-21(4-5-27-29)17-9-18-12-31(13-19(18)10-17)23(32)3-2-16-8-20-14-30-6-7-34-15-22(30)25(33)28-24(20)26-11-16/h2-5,8-9,11,18-19,22H,6-7,10,12-15H2,1H3,(H,26,28,33). The van der Waals surface area contributed by atoms with Crippen molar-refractivity contribution in [3.63, 3.8) is 0 Å². The van der Waals surface area contributed by atoms with E-state index in [0.717, 1.165) is 30.6 Å². The average Bonchev–Trinajstić information content (AvgIpc) is 3.51. The van der Waals surface area contributed by atoms with E-state index in [1.807, 2.05) is 35.0 Å². The fourth-order valence-electron chi connectivity index (χ4n) is 5.58. The highest BCUT2D eigenvalue weighted by atomic mass is 16.5. The zero-order valence-corrected chi connectivity index (χ0v) is 19.2. The molecule has 176 valence electrons. The molecule has 0 saturated carbocycles.